The Morgan fingerprint density at radius 3 is 2.78 bits per heavy atom. The minimum absolute atomic E-state index is 0.174. The van der Waals surface area contributed by atoms with E-state index in [4.69, 9.17) is 9.47 Å². The van der Waals surface area contributed by atoms with Gasteiger partial charge in [0.25, 0.3) is 0 Å². The highest BCUT2D eigenvalue weighted by Crippen LogP contribution is 2.35. The van der Waals surface area contributed by atoms with Crippen LogP contribution in [0, 0.1) is 0 Å². The Labute approximate surface area is 140 Å². The van der Waals surface area contributed by atoms with E-state index in [1.165, 1.54) is 4.88 Å². The molecular formula is C18H21NO3S. The van der Waals surface area contributed by atoms with Crippen molar-refractivity contribution >= 4 is 17.2 Å². The molecule has 0 bridgehead atoms. The summed E-state index contributed by atoms with van der Waals surface area (Å²) in [6, 6.07) is 10.1. The molecule has 2 heterocycles. The van der Waals surface area contributed by atoms with Crippen LogP contribution < -0.4 is 9.47 Å². The molecule has 5 heteroatoms. The molecule has 0 radical (unpaired) electrons. The summed E-state index contributed by atoms with van der Waals surface area (Å²) >= 11 is 1.73. The predicted octanol–water partition coefficient (Wildman–Crippen LogP) is 3.67. The Kier molecular flexibility index (Phi) is 4.86. The van der Waals surface area contributed by atoms with Crippen molar-refractivity contribution in [2.24, 2.45) is 0 Å². The van der Waals surface area contributed by atoms with Crippen LogP contribution in [0.15, 0.2) is 35.7 Å². The van der Waals surface area contributed by atoms with Gasteiger partial charge in [-0.15, -0.1) is 11.3 Å². The predicted molar refractivity (Wildman–Crippen MR) is 91.3 cm³/mol. The lowest BCUT2D eigenvalue weighted by Gasteiger charge is -2.24. The number of thiophene rings is 1. The molecule has 3 rings (SSSR count). The van der Waals surface area contributed by atoms with Crippen LogP contribution in [0.2, 0.25) is 0 Å². The van der Waals surface area contributed by atoms with Crippen molar-refractivity contribution in [3.63, 3.8) is 0 Å². The molecule has 1 amide bonds. The number of hydrogen-bond donors (Lipinski definition) is 0. The molecule has 4 nitrogen and oxygen atoms in total. The fourth-order valence-electron chi connectivity index (χ4n) is 3.11. The summed E-state index contributed by atoms with van der Waals surface area (Å²) in [4.78, 5) is 16.0. The van der Waals surface area contributed by atoms with E-state index in [0.717, 1.165) is 24.9 Å². The molecule has 1 fully saturated rings. The van der Waals surface area contributed by atoms with Crippen LogP contribution in [0.3, 0.4) is 0 Å². The van der Waals surface area contributed by atoms with Gasteiger partial charge in [-0.05, 0) is 42.0 Å². The molecule has 23 heavy (non-hydrogen) atoms. The molecule has 0 unspecified atom stereocenters. The number of carbonyl (C=O) groups is 1. The molecule has 0 aliphatic carbocycles. The van der Waals surface area contributed by atoms with Gasteiger partial charge in [-0.3, -0.25) is 4.79 Å². The second-order valence-corrected chi connectivity index (χ2v) is 6.61. The number of nitrogens with zero attached hydrogens (tertiary/aromatic N) is 1. The van der Waals surface area contributed by atoms with Crippen molar-refractivity contribution in [3.05, 3.63) is 46.2 Å². The highest BCUT2D eigenvalue weighted by Gasteiger charge is 2.30. The average molecular weight is 331 g/mol. The van der Waals surface area contributed by atoms with E-state index in [1.807, 2.05) is 23.1 Å². The summed E-state index contributed by atoms with van der Waals surface area (Å²) in [6.45, 7) is 0.842. The van der Waals surface area contributed by atoms with E-state index in [9.17, 15) is 4.79 Å². The molecule has 1 atom stereocenters. The van der Waals surface area contributed by atoms with Crippen LogP contribution in [-0.4, -0.2) is 31.6 Å². The van der Waals surface area contributed by atoms with Crippen molar-refractivity contribution in [3.8, 4) is 11.5 Å². The normalized spacial score (nSPS) is 17.3. The Morgan fingerprint density at radius 1 is 1.26 bits per heavy atom. The summed E-state index contributed by atoms with van der Waals surface area (Å²) in [5, 5.41) is 2.07. The van der Waals surface area contributed by atoms with Crippen molar-refractivity contribution in [1.29, 1.82) is 0 Å². The average Bonchev–Trinajstić information content (AvgIpc) is 3.25. The van der Waals surface area contributed by atoms with Gasteiger partial charge in [0.15, 0.2) is 11.5 Å². The van der Waals surface area contributed by atoms with Gasteiger partial charge in [0.1, 0.15) is 0 Å². The third-order valence-corrected chi connectivity index (χ3v) is 5.22. The zero-order chi connectivity index (χ0) is 16.2. The van der Waals surface area contributed by atoms with Crippen molar-refractivity contribution in [1.82, 2.24) is 4.90 Å². The second kappa shape index (κ2) is 7.04. The van der Waals surface area contributed by atoms with Crippen LogP contribution in [0.5, 0.6) is 11.5 Å². The minimum Gasteiger partial charge on any atom is -0.493 e. The summed E-state index contributed by atoms with van der Waals surface area (Å²) in [5.74, 6) is 1.52. The van der Waals surface area contributed by atoms with Crippen molar-refractivity contribution < 1.29 is 14.3 Å². The fraction of sp³-hybridized carbons (Fsp3) is 0.389. The number of hydrogen-bond acceptors (Lipinski definition) is 4. The van der Waals surface area contributed by atoms with Gasteiger partial charge in [-0.25, -0.2) is 0 Å². The Balaban J connectivity index is 1.74. The molecule has 1 aromatic carbocycles. The molecule has 0 spiro atoms. The molecule has 1 aliphatic rings. The van der Waals surface area contributed by atoms with Crippen LogP contribution in [0.4, 0.5) is 0 Å². The fourth-order valence-corrected chi connectivity index (χ4v) is 3.98. The summed E-state index contributed by atoms with van der Waals surface area (Å²) < 4.78 is 10.6. The first kappa shape index (κ1) is 15.9. The van der Waals surface area contributed by atoms with Crippen LogP contribution in [0.1, 0.15) is 29.3 Å². The Morgan fingerprint density at radius 2 is 2.09 bits per heavy atom. The topological polar surface area (TPSA) is 38.8 Å². The van der Waals surface area contributed by atoms with Crippen LogP contribution in [0.25, 0.3) is 0 Å². The smallest absolute Gasteiger partial charge is 0.227 e. The minimum atomic E-state index is 0.174. The highest BCUT2D eigenvalue weighted by atomic mass is 32.1. The summed E-state index contributed by atoms with van der Waals surface area (Å²) in [6.07, 6.45) is 2.51. The van der Waals surface area contributed by atoms with E-state index < -0.39 is 0 Å². The summed E-state index contributed by atoms with van der Waals surface area (Å²) in [7, 11) is 3.22. The van der Waals surface area contributed by atoms with Crippen molar-refractivity contribution in [2.45, 2.75) is 25.3 Å². The lowest BCUT2D eigenvalue weighted by molar-refractivity contribution is -0.131. The van der Waals surface area contributed by atoms with Crippen LogP contribution >= 0.6 is 11.3 Å². The molecule has 1 aliphatic heterocycles. The second-order valence-electron chi connectivity index (χ2n) is 5.63. The van der Waals surface area contributed by atoms with E-state index >= 15 is 0 Å². The lowest BCUT2D eigenvalue weighted by atomic mass is 10.1. The van der Waals surface area contributed by atoms with Gasteiger partial charge < -0.3 is 14.4 Å². The number of benzene rings is 1. The maximum atomic E-state index is 12.7. The molecule has 0 saturated carbocycles. The van der Waals surface area contributed by atoms with E-state index in [0.29, 0.717) is 17.9 Å². The number of amides is 1. The molecule has 2 aromatic rings. The Hall–Kier alpha value is -2.01. The quantitative estimate of drug-likeness (QED) is 0.839. The zero-order valence-electron chi connectivity index (χ0n) is 13.5. The molecule has 0 N–H and O–H groups in total. The first-order chi connectivity index (χ1) is 11.2. The van der Waals surface area contributed by atoms with Crippen LogP contribution in [-0.2, 0) is 11.2 Å². The first-order valence-electron chi connectivity index (χ1n) is 7.76. The van der Waals surface area contributed by atoms with Gasteiger partial charge in [0, 0.05) is 11.4 Å². The number of rotatable bonds is 5. The number of ether oxygens (including phenoxy) is 2. The van der Waals surface area contributed by atoms with Gasteiger partial charge in [-0.1, -0.05) is 12.1 Å². The SMILES string of the molecule is COc1ccc(CC(=O)N2CCC[C@@H]2c2cccs2)cc1OC. The third-order valence-electron chi connectivity index (χ3n) is 4.25. The van der Waals surface area contributed by atoms with Gasteiger partial charge >= 0.3 is 0 Å². The number of carbonyl (C=O) groups excluding carboxylic acids is 1. The molecular weight excluding hydrogens is 310 g/mol. The standard InChI is InChI=1S/C18H21NO3S/c1-21-15-8-7-13(11-16(15)22-2)12-18(20)19-9-3-5-14(19)17-6-4-10-23-17/h4,6-8,10-11,14H,3,5,9,12H2,1-2H3/t14-/m1/s1. The van der Waals surface area contributed by atoms with Gasteiger partial charge in [-0.2, -0.15) is 0 Å². The molecule has 1 saturated heterocycles. The lowest BCUT2D eigenvalue weighted by Crippen LogP contribution is -2.31. The highest BCUT2D eigenvalue weighted by molar-refractivity contribution is 7.10. The molecule has 122 valence electrons. The third kappa shape index (κ3) is 3.34. The van der Waals surface area contributed by atoms with Crippen molar-refractivity contribution in [2.75, 3.05) is 20.8 Å². The monoisotopic (exact) mass is 331 g/mol. The van der Waals surface area contributed by atoms with Gasteiger partial charge in [0.05, 0.1) is 26.7 Å². The number of methoxy groups -OCH3 is 2. The van der Waals surface area contributed by atoms with E-state index in [1.54, 1.807) is 25.6 Å². The maximum absolute atomic E-state index is 12.7. The molecule has 1 aromatic heterocycles. The summed E-state index contributed by atoms with van der Waals surface area (Å²) in [5.41, 5.74) is 0.949. The van der Waals surface area contributed by atoms with Gasteiger partial charge in [0.2, 0.25) is 5.91 Å². The maximum Gasteiger partial charge on any atom is 0.227 e. The largest absolute Gasteiger partial charge is 0.493 e. The number of likely N-dealkylation sites (tertiary alicyclic amines) is 1. The first-order valence-corrected chi connectivity index (χ1v) is 8.64. The Bertz CT molecular complexity index is 669. The zero-order valence-corrected chi connectivity index (χ0v) is 14.3. The van der Waals surface area contributed by atoms with E-state index in [-0.39, 0.29) is 11.9 Å². The van der Waals surface area contributed by atoms with E-state index in [2.05, 4.69) is 17.5 Å².